The van der Waals surface area contributed by atoms with Crippen LogP contribution >= 0.6 is 0 Å². The Bertz CT molecular complexity index is 728. The van der Waals surface area contributed by atoms with E-state index in [4.69, 9.17) is 0 Å². The van der Waals surface area contributed by atoms with Crippen molar-refractivity contribution in [2.24, 2.45) is 11.8 Å². The summed E-state index contributed by atoms with van der Waals surface area (Å²) in [6, 6.07) is 5.27. The third kappa shape index (κ3) is 4.59. The lowest BCUT2D eigenvalue weighted by atomic mass is 10.1. The Morgan fingerprint density at radius 1 is 1.18 bits per heavy atom. The molecule has 2 fully saturated rings. The summed E-state index contributed by atoms with van der Waals surface area (Å²) >= 11 is 0. The van der Waals surface area contributed by atoms with Gasteiger partial charge in [-0.3, -0.25) is 9.59 Å². The molecule has 0 aliphatic carbocycles. The highest BCUT2D eigenvalue weighted by Gasteiger charge is 2.37. The summed E-state index contributed by atoms with van der Waals surface area (Å²) in [4.78, 5) is 30.3. The molecule has 5 nitrogen and oxygen atoms in total. The molecular formula is C20H26F3N3O2. The third-order valence-electron chi connectivity index (χ3n) is 5.28. The summed E-state index contributed by atoms with van der Waals surface area (Å²) in [7, 11) is 0. The van der Waals surface area contributed by atoms with Gasteiger partial charge in [-0.25, -0.2) is 0 Å². The summed E-state index contributed by atoms with van der Waals surface area (Å²) in [5, 5.41) is 0. The topological polar surface area (TPSA) is 43.9 Å². The first kappa shape index (κ1) is 20.5. The van der Waals surface area contributed by atoms with E-state index in [9.17, 15) is 22.8 Å². The van der Waals surface area contributed by atoms with Crippen molar-refractivity contribution < 1.29 is 22.8 Å². The summed E-state index contributed by atoms with van der Waals surface area (Å²) in [6.45, 7) is 7.04. The normalized spacial score (nSPS) is 21.0. The highest BCUT2D eigenvalue weighted by molar-refractivity contribution is 5.89. The predicted octanol–water partition coefficient (Wildman–Crippen LogP) is 2.86. The quantitative estimate of drug-likeness (QED) is 0.785. The monoisotopic (exact) mass is 397 g/mol. The van der Waals surface area contributed by atoms with Crippen molar-refractivity contribution in [3.8, 4) is 0 Å². The number of benzene rings is 1. The average molecular weight is 397 g/mol. The number of rotatable bonds is 4. The van der Waals surface area contributed by atoms with Crippen molar-refractivity contribution in [3.05, 3.63) is 29.8 Å². The van der Waals surface area contributed by atoms with Gasteiger partial charge in [0.2, 0.25) is 11.8 Å². The van der Waals surface area contributed by atoms with Gasteiger partial charge >= 0.3 is 6.18 Å². The van der Waals surface area contributed by atoms with Crippen molar-refractivity contribution in [1.82, 2.24) is 9.80 Å². The lowest BCUT2D eigenvalue weighted by Gasteiger charge is -2.37. The molecule has 0 bridgehead atoms. The van der Waals surface area contributed by atoms with Crippen LogP contribution in [0.25, 0.3) is 0 Å². The van der Waals surface area contributed by atoms with Gasteiger partial charge in [-0.15, -0.1) is 0 Å². The number of hydrogen-bond donors (Lipinski definition) is 0. The van der Waals surface area contributed by atoms with E-state index in [0.29, 0.717) is 50.9 Å². The number of hydrogen-bond acceptors (Lipinski definition) is 3. The van der Waals surface area contributed by atoms with Crippen LogP contribution in [0.5, 0.6) is 0 Å². The number of halogens is 3. The van der Waals surface area contributed by atoms with Crippen LogP contribution < -0.4 is 4.90 Å². The summed E-state index contributed by atoms with van der Waals surface area (Å²) in [5.74, 6) is 0.0399. The number of alkyl halides is 3. The fraction of sp³-hybridized carbons (Fsp3) is 0.600. The lowest BCUT2D eigenvalue weighted by Crippen LogP contribution is -2.50. The number of carbonyl (C=O) groups excluding carboxylic acids is 2. The maximum Gasteiger partial charge on any atom is 0.416 e. The first-order valence-corrected chi connectivity index (χ1v) is 9.64. The van der Waals surface area contributed by atoms with E-state index in [1.54, 1.807) is 15.9 Å². The second-order valence-electron chi connectivity index (χ2n) is 7.95. The van der Waals surface area contributed by atoms with Gasteiger partial charge in [0.25, 0.3) is 0 Å². The maximum absolute atomic E-state index is 12.9. The number of piperazine rings is 1. The van der Waals surface area contributed by atoms with Crippen molar-refractivity contribution in [3.63, 3.8) is 0 Å². The third-order valence-corrected chi connectivity index (χ3v) is 5.28. The molecule has 0 radical (unpaired) electrons. The van der Waals surface area contributed by atoms with Crippen LogP contribution in [0.1, 0.15) is 25.8 Å². The highest BCUT2D eigenvalue weighted by Crippen LogP contribution is 2.32. The SMILES string of the molecule is CC(C)CN1C[C@H](C(=O)N2CCN(c3cccc(C(F)(F)F)c3)CC2)CC1=O. The van der Waals surface area contributed by atoms with E-state index in [0.717, 1.165) is 12.1 Å². The molecule has 0 aromatic heterocycles. The Morgan fingerprint density at radius 2 is 1.86 bits per heavy atom. The molecule has 1 aromatic carbocycles. The molecule has 2 heterocycles. The number of carbonyl (C=O) groups is 2. The van der Waals surface area contributed by atoms with E-state index >= 15 is 0 Å². The van der Waals surface area contributed by atoms with Crippen molar-refractivity contribution in [1.29, 1.82) is 0 Å². The number of nitrogens with zero attached hydrogens (tertiary/aromatic N) is 3. The molecule has 2 aliphatic heterocycles. The summed E-state index contributed by atoms with van der Waals surface area (Å²) < 4.78 is 38.7. The lowest BCUT2D eigenvalue weighted by molar-refractivity contribution is -0.137. The van der Waals surface area contributed by atoms with Gasteiger partial charge in [0.05, 0.1) is 11.5 Å². The minimum atomic E-state index is -4.37. The standard InChI is InChI=1S/C20H26F3N3O2/c1-14(2)12-26-13-15(10-18(26)27)19(28)25-8-6-24(7-9-25)17-5-3-4-16(11-17)20(21,22)23/h3-5,11,14-15H,6-10,12-13H2,1-2H3/t15-/m1/s1. The van der Waals surface area contributed by atoms with E-state index in [1.165, 1.54) is 6.07 Å². The van der Waals surface area contributed by atoms with Gasteiger partial charge in [-0.2, -0.15) is 13.2 Å². The Balaban J connectivity index is 1.57. The van der Waals surface area contributed by atoms with Gasteiger partial charge in [0, 0.05) is 51.4 Å². The number of amides is 2. The largest absolute Gasteiger partial charge is 0.416 e. The minimum absolute atomic E-state index is 0.0228. The molecule has 0 N–H and O–H groups in total. The molecule has 0 unspecified atom stereocenters. The van der Waals surface area contributed by atoms with Crippen LogP contribution in [0.4, 0.5) is 18.9 Å². The zero-order valence-corrected chi connectivity index (χ0v) is 16.2. The molecule has 28 heavy (non-hydrogen) atoms. The first-order chi connectivity index (χ1) is 13.1. The Kier molecular flexibility index (Phi) is 5.86. The van der Waals surface area contributed by atoms with Gasteiger partial charge in [0.15, 0.2) is 0 Å². The zero-order valence-electron chi connectivity index (χ0n) is 16.2. The Morgan fingerprint density at radius 3 is 2.46 bits per heavy atom. The number of anilines is 1. The van der Waals surface area contributed by atoms with Crippen LogP contribution in [0.3, 0.4) is 0 Å². The summed E-state index contributed by atoms with van der Waals surface area (Å²) in [5.41, 5.74) is -0.153. The van der Waals surface area contributed by atoms with Crippen LogP contribution in [-0.2, 0) is 15.8 Å². The molecule has 2 amide bonds. The fourth-order valence-corrected chi connectivity index (χ4v) is 3.88. The molecule has 0 spiro atoms. The van der Waals surface area contributed by atoms with E-state index in [1.807, 2.05) is 18.7 Å². The molecule has 1 aromatic rings. The second kappa shape index (κ2) is 8.01. The van der Waals surface area contributed by atoms with Crippen LogP contribution in [0.15, 0.2) is 24.3 Å². The average Bonchev–Trinajstić information content (AvgIpc) is 3.00. The van der Waals surface area contributed by atoms with Gasteiger partial charge in [0.1, 0.15) is 0 Å². The van der Waals surface area contributed by atoms with E-state index in [-0.39, 0.29) is 24.2 Å². The number of likely N-dealkylation sites (tertiary alicyclic amines) is 1. The van der Waals surface area contributed by atoms with Crippen molar-refractivity contribution in [2.75, 3.05) is 44.2 Å². The molecule has 8 heteroatoms. The highest BCUT2D eigenvalue weighted by atomic mass is 19.4. The van der Waals surface area contributed by atoms with Crippen LogP contribution in [0, 0.1) is 11.8 Å². The summed E-state index contributed by atoms with van der Waals surface area (Å²) in [6.07, 6.45) is -4.12. The van der Waals surface area contributed by atoms with Crippen LogP contribution in [0.2, 0.25) is 0 Å². The van der Waals surface area contributed by atoms with E-state index in [2.05, 4.69) is 0 Å². The molecule has 1 atom stereocenters. The second-order valence-corrected chi connectivity index (χ2v) is 7.95. The Labute approximate surface area is 163 Å². The Hall–Kier alpha value is -2.25. The molecular weight excluding hydrogens is 371 g/mol. The van der Waals surface area contributed by atoms with Gasteiger partial charge < -0.3 is 14.7 Å². The predicted molar refractivity (Wildman–Crippen MR) is 99.8 cm³/mol. The van der Waals surface area contributed by atoms with Gasteiger partial charge in [-0.05, 0) is 24.1 Å². The van der Waals surface area contributed by atoms with Crippen LogP contribution in [-0.4, -0.2) is 60.9 Å². The molecule has 2 aliphatic rings. The van der Waals surface area contributed by atoms with E-state index < -0.39 is 11.7 Å². The fourth-order valence-electron chi connectivity index (χ4n) is 3.88. The van der Waals surface area contributed by atoms with Crippen molar-refractivity contribution in [2.45, 2.75) is 26.4 Å². The molecule has 154 valence electrons. The molecule has 2 saturated heterocycles. The molecule has 3 rings (SSSR count). The van der Waals surface area contributed by atoms with Gasteiger partial charge in [-0.1, -0.05) is 19.9 Å². The molecule has 0 saturated carbocycles. The minimum Gasteiger partial charge on any atom is -0.368 e. The first-order valence-electron chi connectivity index (χ1n) is 9.64. The van der Waals surface area contributed by atoms with Crippen molar-refractivity contribution >= 4 is 17.5 Å². The smallest absolute Gasteiger partial charge is 0.368 e. The zero-order chi connectivity index (χ0) is 20.5. The maximum atomic E-state index is 12.9.